The minimum absolute atomic E-state index is 0.0974. The molecule has 1 aromatic heterocycles. The molecule has 0 fully saturated rings. The standard InChI is InChI=1S/C21H19NO6/c1-12-15-5-3-4-6-16(15)28-19(12)21(24)27-13(2)20(23)22-14-7-8-17-18(11-14)26-10-9-25-17/h3-8,11,13H,9-10H2,1-2H3,(H,22,23). The zero-order chi connectivity index (χ0) is 19.7. The second kappa shape index (κ2) is 7.26. The predicted octanol–water partition coefficient (Wildman–Crippen LogP) is 3.70. The SMILES string of the molecule is Cc1c(C(=O)OC(C)C(=O)Nc2ccc3c(c2)OCCO3)oc2ccccc12. The molecule has 2 heterocycles. The third-order valence-electron chi connectivity index (χ3n) is 4.49. The number of anilines is 1. The van der Waals surface area contributed by atoms with Crippen LogP contribution in [0.3, 0.4) is 0 Å². The lowest BCUT2D eigenvalue weighted by molar-refractivity contribution is -0.123. The van der Waals surface area contributed by atoms with Crippen LogP contribution in [0.15, 0.2) is 46.9 Å². The molecule has 4 rings (SSSR count). The van der Waals surface area contributed by atoms with Crippen molar-refractivity contribution in [2.45, 2.75) is 20.0 Å². The monoisotopic (exact) mass is 381 g/mol. The molecule has 1 aliphatic rings. The number of aryl methyl sites for hydroxylation is 1. The summed E-state index contributed by atoms with van der Waals surface area (Å²) in [6, 6.07) is 12.4. The van der Waals surface area contributed by atoms with Gasteiger partial charge in [-0.05, 0) is 32.0 Å². The Labute approximate surface area is 161 Å². The first-order valence-electron chi connectivity index (χ1n) is 8.92. The quantitative estimate of drug-likeness (QED) is 0.694. The summed E-state index contributed by atoms with van der Waals surface area (Å²) in [6.07, 6.45) is -1.01. The average Bonchev–Trinajstić information content (AvgIpc) is 3.05. The summed E-state index contributed by atoms with van der Waals surface area (Å²) in [4.78, 5) is 24.9. The molecule has 0 saturated carbocycles. The first-order chi connectivity index (χ1) is 13.5. The lowest BCUT2D eigenvalue weighted by Crippen LogP contribution is -2.30. The topological polar surface area (TPSA) is 87.0 Å². The summed E-state index contributed by atoms with van der Waals surface area (Å²) in [7, 11) is 0. The molecule has 1 amide bonds. The molecule has 0 spiro atoms. The number of fused-ring (bicyclic) bond motifs is 2. The van der Waals surface area contributed by atoms with Crippen LogP contribution in [0.4, 0.5) is 5.69 Å². The number of carbonyl (C=O) groups excluding carboxylic acids is 2. The smallest absolute Gasteiger partial charge is 0.375 e. The van der Waals surface area contributed by atoms with Crippen molar-refractivity contribution in [2.24, 2.45) is 0 Å². The molecule has 1 N–H and O–H groups in total. The second-order valence-electron chi connectivity index (χ2n) is 6.45. The van der Waals surface area contributed by atoms with Crippen molar-refractivity contribution in [3.8, 4) is 11.5 Å². The van der Waals surface area contributed by atoms with E-state index in [2.05, 4.69) is 5.32 Å². The molecule has 28 heavy (non-hydrogen) atoms. The Balaban J connectivity index is 1.44. The van der Waals surface area contributed by atoms with Gasteiger partial charge in [-0.2, -0.15) is 0 Å². The minimum Gasteiger partial charge on any atom is -0.486 e. The normalized spacial score (nSPS) is 13.8. The Bertz CT molecular complexity index is 1050. The predicted molar refractivity (Wildman–Crippen MR) is 102 cm³/mol. The van der Waals surface area contributed by atoms with Crippen LogP contribution in [0.5, 0.6) is 11.5 Å². The summed E-state index contributed by atoms with van der Waals surface area (Å²) < 4.78 is 21.8. The lowest BCUT2D eigenvalue weighted by Gasteiger charge is -2.19. The maximum atomic E-state index is 12.5. The third kappa shape index (κ3) is 3.38. The van der Waals surface area contributed by atoms with Crippen LogP contribution in [-0.2, 0) is 9.53 Å². The van der Waals surface area contributed by atoms with Crippen LogP contribution in [0, 0.1) is 6.92 Å². The minimum atomic E-state index is -1.01. The van der Waals surface area contributed by atoms with E-state index in [0.717, 1.165) is 5.39 Å². The van der Waals surface area contributed by atoms with Gasteiger partial charge < -0.3 is 23.9 Å². The highest BCUT2D eigenvalue weighted by molar-refractivity contribution is 5.99. The van der Waals surface area contributed by atoms with E-state index < -0.39 is 18.0 Å². The number of hydrogen-bond donors (Lipinski definition) is 1. The van der Waals surface area contributed by atoms with E-state index in [1.165, 1.54) is 6.92 Å². The van der Waals surface area contributed by atoms with Crippen molar-refractivity contribution in [1.82, 2.24) is 0 Å². The van der Waals surface area contributed by atoms with Crippen LogP contribution < -0.4 is 14.8 Å². The van der Waals surface area contributed by atoms with Crippen LogP contribution >= 0.6 is 0 Å². The summed E-state index contributed by atoms with van der Waals surface area (Å²) >= 11 is 0. The Morgan fingerprint density at radius 3 is 2.61 bits per heavy atom. The van der Waals surface area contributed by atoms with Gasteiger partial charge >= 0.3 is 5.97 Å². The highest BCUT2D eigenvalue weighted by atomic mass is 16.6. The van der Waals surface area contributed by atoms with E-state index >= 15 is 0 Å². The highest BCUT2D eigenvalue weighted by Gasteiger charge is 2.24. The number of hydrogen-bond acceptors (Lipinski definition) is 6. The molecular formula is C21H19NO6. The first-order valence-corrected chi connectivity index (χ1v) is 8.92. The molecule has 1 aliphatic heterocycles. The molecule has 0 saturated heterocycles. The summed E-state index contributed by atoms with van der Waals surface area (Å²) in [5.74, 6) is 0.146. The molecule has 1 unspecified atom stereocenters. The fraction of sp³-hybridized carbons (Fsp3) is 0.238. The second-order valence-corrected chi connectivity index (χ2v) is 6.45. The van der Waals surface area contributed by atoms with E-state index in [4.69, 9.17) is 18.6 Å². The number of furan rings is 1. The highest BCUT2D eigenvalue weighted by Crippen LogP contribution is 2.32. The first kappa shape index (κ1) is 17.9. The van der Waals surface area contributed by atoms with E-state index in [-0.39, 0.29) is 5.76 Å². The average molecular weight is 381 g/mol. The van der Waals surface area contributed by atoms with Gasteiger partial charge in [0.15, 0.2) is 17.6 Å². The van der Waals surface area contributed by atoms with Gasteiger partial charge in [0.05, 0.1) is 0 Å². The maximum absolute atomic E-state index is 12.5. The lowest BCUT2D eigenvalue weighted by atomic mass is 10.1. The molecule has 0 bridgehead atoms. The number of rotatable bonds is 4. The number of amides is 1. The fourth-order valence-electron chi connectivity index (χ4n) is 3.00. The van der Waals surface area contributed by atoms with E-state index in [9.17, 15) is 9.59 Å². The van der Waals surface area contributed by atoms with Crippen molar-refractivity contribution in [2.75, 3.05) is 18.5 Å². The molecule has 144 valence electrons. The number of carbonyl (C=O) groups is 2. The van der Waals surface area contributed by atoms with Gasteiger partial charge in [0.1, 0.15) is 18.8 Å². The van der Waals surface area contributed by atoms with Gasteiger partial charge in [0, 0.05) is 22.7 Å². The Morgan fingerprint density at radius 1 is 1.07 bits per heavy atom. The molecule has 0 aliphatic carbocycles. The Kier molecular flexibility index (Phi) is 4.65. The third-order valence-corrected chi connectivity index (χ3v) is 4.49. The molecule has 2 aromatic carbocycles. The number of ether oxygens (including phenoxy) is 3. The maximum Gasteiger partial charge on any atom is 0.375 e. The van der Waals surface area contributed by atoms with E-state index in [1.54, 1.807) is 31.2 Å². The summed E-state index contributed by atoms with van der Waals surface area (Å²) in [5, 5.41) is 3.54. The van der Waals surface area contributed by atoms with Crippen LogP contribution in [-0.4, -0.2) is 31.2 Å². The number of benzene rings is 2. The zero-order valence-corrected chi connectivity index (χ0v) is 15.5. The van der Waals surface area contributed by atoms with Gasteiger partial charge in [0.25, 0.3) is 5.91 Å². The largest absolute Gasteiger partial charge is 0.486 e. The number of esters is 1. The van der Waals surface area contributed by atoms with Crippen molar-refractivity contribution < 1.29 is 28.2 Å². The van der Waals surface area contributed by atoms with Crippen molar-refractivity contribution in [3.05, 3.63) is 53.8 Å². The molecule has 7 nitrogen and oxygen atoms in total. The molecule has 1 atom stereocenters. The van der Waals surface area contributed by atoms with Crippen molar-refractivity contribution in [1.29, 1.82) is 0 Å². The number of nitrogens with one attached hydrogen (secondary N) is 1. The summed E-state index contributed by atoms with van der Waals surface area (Å²) in [5.41, 5.74) is 1.80. The Hall–Kier alpha value is -3.48. The molecular weight excluding hydrogens is 362 g/mol. The van der Waals surface area contributed by atoms with Gasteiger partial charge in [0.2, 0.25) is 5.76 Å². The zero-order valence-electron chi connectivity index (χ0n) is 15.5. The van der Waals surface area contributed by atoms with Crippen molar-refractivity contribution in [3.63, 3.8) is 0 Å². The Morgan fingerprint density at radius 2 is 1.82 bits per heavy atom. The van der Waals surface area contributed by atoms with Crippen molar-refractivity contribution >= 4 is 28.5 Å². The number of para-hydroxylation sites is 1. The van der Waals surface area contributed by atoms with Crippen LogP contribution in [0.1, 0.15) is 23.0 Å². The molecule has 3 aromatic rings. The molecule has 7 heteroatoms. The van der Waals surface area contributed by atoms with Gasteiger partial charge in [-0.15, -0.1) is 0 Å². The van der Waals surface area contributed by atoms with Gasteiger partial charge in [-0.3, -0.25) is 4.79 Å². The van der Waals surface area contributed by atoms with Gasteiger partial charge in [-0.25, -0.2) is 4.79 Å². The van der Waals surface area contributed by atoms with E-state index in [0.29, 0.717) is 41.5 Å². The van der Waals surface area contributed by atoms with Crippen LogP contribution in [0.25, 0.3) is 11.0 Å². The van der Waals surface area contributed by atoms with E-state index in [1.807, 2.05) is 18.2 Å². The van der Waals surface area contributed by atoms with Crippen LogP contribution in [0.2, 0.25) is 0 Å². The fourth-order valence-corrected chi connectivity index (χ4v) is 3.00. The van der Waals surface area contributed by atoms with Gasteiger partial charge in [-0.1, -0.05) is 18.2 Å². The summed E-state index contributed by atoms with van der Waals surface area (Å²) in [6.45, 7) is 4.23. The molecule has 0 radical (unpaired) electrons.